The Hall–Kier alpha value is -1.65. The maximum Gasteiger partial charge on any atom is 0.194 e. The second-order valence-electron chi connectivity index (χ2n) is 7.71. The minimum absolute atomic E-state index is 0. The summed E-state index contributed by atoms with van der Waals surface area (Å²) in [4.78, 5) is 9.58. The van der Waals surface area contributed by atoms with Crippen molar-refractivity contribution in [1.29, 1.82) is 0 Å². The van der Waals surface area contributed by atoms with Crippen molar-refractivity contribution in [2.75, 3.05) is 39.3 Å². The van der Waals surface area contributed by atoms with E-state index in [0.717, 1.165) is 74.6 Å². The standard InChI is InChI=1S/C22H32ClN7.HI/c1-4-21-27-26-17-30(21)9-8-24-22(25-15-18(2)3)29-12-10-28(11-13-29)16-19-6-5-7-20(23)14-19;/h5-7,14,17H,2,4,8-13,15-16H2,1,3H3,(H,24,25);1H. The van der Waals surface area contributed by atoms with E-state index in [0.29, 0.717) is 6.54 Å². The SMILES string of the molecule is C=C(C)CN=C(NCCn1cnnc1CC)N1CCN(Cc2cccc(Cl)c2)CC1.I. The van der Waals surface area contributed by atoms with Crippen LogP contribution in [0, 0.1) is 0 Å². The Morgan fingerprint density at radius 1 is 1.26 bits per heavy atom. The zero-order valence-corrected chi connectivity index (χ0v) is 21.5. The van der Waals surface area contributed by atoms with Gasteiger partial charge in [0.2, 0.25) is 0 Å². The molecule has 0 spiro atoms. The van der Waals surface area contributed by atoms with Crippen LogP contribution in [0.2, 0.25) is 5.02 Å². The number of benzene rings is 1. The van der Waals surface area contributed by atoms with Gasteiger partial charge in [-0.1, -0.05) is 42.8 Å². The van der Waals surface area contributed by atoms with Crippen LogP contribution in [0.25, 0.3) is 0 Å². The summed E-state index contributed by atoms with van der Waals surface area (Å²) < 4.78 is 2.09. The minimum Gasteiger partial charge on any atom is -0.354 e. The van der Waals surface area contributed by atoms with Gasteiger partial charge in [-0.15, -0.1) is 34.2 Å². The lowest BCUT2D eigenvalue weighted by molar-refractivity contribution is 0.172. The molecule has 1 aliphatic rings. The molecule has 0 saturated carbocycles. The number of aromatic nitrogens is 3. The minimum atomic E-state index is 0. The maximum atomic E-state index is 6.12. The zero-order valence-electron chi connectivity index (χ0n) is 18.4. The number of aliphatic imine (C=N–C) groups is 1. The van der Waals surface area contributed by atoms with E-state index in [1.807, 2.05) is 25.1 Å². The van der Waals surface area contributed by atoms with Crippen LogP contribution < -0.4 is 5.32 Å². The predicted molar refractivity (Wildman–Crippen MR) is 138 cm³/mol. The largest absolute Gasteiger partial charge is 0.354 e. The summed E-state index contributed by atoms with van der Waals surface area (Å²) in [6.45, 7) is 15.1. The van der Waals surface area contributed by atoms with E-state index in [2.05, 4.69) is 49.5 Å². The lowest BCUT2D eigenvalue weighted by Crippen LogP contribution is -2.52. The van der Waals surface area contributed by atoms with E-state index >= 15 is 0 Å². The van der Waals surface area contributed by atoms with Gasteiger partial charge < -0.3 is 14.8 Å². The van der Waals surface area contributed by atoms with Gasteiger partial charge in [0.25, 0.3) is 0 Å². The van der Waals surface area contributed by atoms with Crippen LogP contribution in [0.5, 0.6) is 0 Å². The van der Waals surface area contributed by atoms with Gasteiger partial charge in [0.15, 0.2) is 5.96 Å². The average Bonchev–Trinajstić information content (AvgIpc) is 3.18. The fourth-order valence-corrected chi connectivity index (χ4v) is 3.73. The summed E-state index contributed by atoms with van der Waals surface area (Å²) in [6.07, 6.45) is 2.67. The molecule has 3 rings (SSSR count). The first-order chi connectivity index (χ1) is 14.5. The molecule has 2 aromatic rings. The molecule has 0 atom stereocenters. The molecule has 0 aliphatic carbocycles. The van der Waals surface area contributed by atoms with Crippen molar-refractivity contribution in [3.63, 3.8) is 0 Å². The summed E-state index contributed by atoms with van der Waals surface area (Å²) in [5.74, 6) is 1.96. The molecule has 7 nitrogen and oxygen atoms in total. The first-order valence-corrected chi connectivity index (χ1v) is 10.9. The Balaban J connectivity index is 0.00000341. The Morgan fingerprint density at radius 2 is 2.03 bits per heavy atom. The van der Waals surface area contributed by atoms with Gasteiger partial charge in [-0.3, -0.25) is 4.90 Å². The molecule has 0 bridgehead atoms. The third kappa shape index (κ3) is 8.08. The van der Waals surface area contributed by atoms with Crippen LogP contribution in [0.3, 0.4) is 0 Å². The fourth-order valence-electron chi connectivity index (χ4n) is 3.52. The second-order valence-corrected chi connectivity index (χ2v) is 8.15. The Labute approximate surface area is 207 Å². The molecule has 0 amide bonds. The first kappa shape index (κ1) is 25.6. The van der Waals surface area contributed by atoms with E-state index < -0.39 is 0 Å². The van der Waals surface area contributed by atoms with Crippen molar-refractivity contribution >= 4 is 41.5 Å². The number of hydrogen-bond acceptors (Lipinski definition) is 4. The van der Waals surface area contributed by atoms with Crippen molar-refractivity contribution in [2.45, 2.75) is 33.4 Å². The number of hydrogen-bond donors (Lipinski definition) is 1. The topological polar surface area (TPSA) is 61.6 Å². The monoisotopic (exact) mass is 557 g/mol. The maximum absolute atomic E-state index is 6.12. The third-order valence-corrected chi connectivity index (χ3v) is 5.35. The molecule has 1 fully saturated rings. The summed E-state index contributed by atoms with van der Waals surface area (Å²) in [7, 11) is 0. The lowest BCUT2D eigenvalue weighted by Gasteiger charge is -2.36. The van der Waals surface area contributed by atoms with Gasteiger partial charge >= 0.3 is 0 Å². The summed E-state index contributed by atoms with van der Waals surface area (Å²) in [5, 5.41) is 12.5. The molecular weight excluding hydrogens is 525 g/mol. The second kappa shape index (κ2) is 13.0. The predicted octanol–water partition coefficient (Wildman–Crippen LogP) is 3.45. The molecule has 1 N–H and O–H groups in total. The van der Waals surface area contributed by atoms with E-state index in [1.54, 1.807) is 6.33 Å². The highest BCUT2D eigenvalue weighted by atomic mass is 127. The normalized spacial score (nSPS) is 14.9. The summed E-state index contributed by atoms with van der Waals surface area (Å²) >= 11 is 6.12. The van der Waals surface area contributed by atoms with Gasteiger partial charge in [-0.2, -0.15) is 0 Å². The number of nitrogens with one attached hydrogen (secondary N) is 1. The van der Waals surface area contributed by atoms with Gasteiger partial charge in [0, 0.05) is 57.3 Å². The van der Waals surface area contributed by atoms with Crippen LogP contribution >= 0.6 is 35.6 Å². The molecular formula is C22H33ClIN7. The van der Waals surface area contributed by atoms with Crippen LogP contribution in [-0.2, 0) is 19.5 Å². The van der Waals surface area contributed by atoms with Crippen LogP contribution in [0.1, 0.15) is 25.2 Å². The molecule has 170 valence electrons. The highest BCUT2D eigenvalue weighted by Gasteiger charge is 2.20. The van der Waals surface area contributed by atoms with E-state index in [1.165, 1.54) is 5.56 Å². The lowest BCUT2D eigenvalue weighted by atomic mass is 10.2. The van der Waals surface area contributed by atoms with Crippen molar-refractivity contribution < 1.29 is 0 Å². The number of piperazine rings is 1. The number of rotatable bonds is 8. The van der Waals surface area contributed by atoms with Gasteiger partial charge in [-0.25, -0.2) is 4.99 Å². The van der Waals surface area contributed by atoms with E-state index in [-0.39, 0.29) is 24.0 Å². The van der Waals surface area contributed by atoms with Gasteiger partial charge in [0.1, 0.15) is 12.2 Å². The number of nitrogens with zero attached hydrogens (tertiary/aromatic N) is 6. The highest BCUT2D eigenvalue weighted by Crippen LogP contribution is 2.14. The van der Waals surface area contributed by atoms with Crippen LogP contribution in [0.15, 0.2) is 47.7 Å². The molecule has 1 aromatic heterocycles. The zero-order chi connectivity index (χ0) is 21.3. The molecule has 1 saturated heterocycles. The molecule has 2 heterocycles. The smallest absolute Gasteiger partial charge is 0.194 e. The molecule has 0 radical (unpaired) electrons. The Morgan fingerprint density at radius 3 is 2.71 bits per heavy atom. The third-order valence-electron chi connectivity index (χ3n) is 5.11. The van der Waals surface area contributed by atoms with Crippen molar-refractivity contribution in [3.05, 3.63) is 59.2 Å². The quantitative estimate of drug-likeness (QED) is 0.233. The van der Waals surface area contributed by atoms with Gasteiger partial charge in [-0.05, 0) is 24.6 Å². The average molecular weight is 558 g/mol. The first-order valence-electron chi connectivity index (χ1n) is 10.6. The Bertz CT molecular complexity index is 859. The number of halogens is 2. The van der Waals surface area contributed by atoms with Crippen molar-refractivity contribution in [3.8, 4) is 0 Å². The highest BCUT2D eigenvalue weighted by molar-refractivity contribution is 14.0. The molecule has 31 heavy (non-hydrogen) atoms. The molecule has 1 aliphatic heterocycles. The van der Waals surface area contributed by atoms with Crippen molar-refractivity contribution in [1.82, 2.24) is 29.9 Å². The van der Waals surface area contributed by atoms with E-state index in [9.17, 15) is 0 Å². The molecule has 1 aromatic carbocycles. The number of guanidine groups is 1. The van der Waals surface area contributed by atoms with Crippen molar-refractivity contribution in [2.24, 2.45) is 4.99 Å². The van der Waals surface area contributed by atoms with Gasteiger partial charge in [0.05, 0.1) is 6.54 Å². The van der Waals surface area contributed by atoms with Crippen LogP contribution in [-0.4, -0.2) is 69.8 Å². The summed E-state index contributed by atoms with van der Waals surface area (Å²) in [6, 6.07) is 8.11. The van der Waals surface area contributed by atoms with Crippen LogP contribution in [0.4, 0.5) is 0 Å². The fraction of sp³-hybridized carbons (Fsp3) is 0.500. The molecule has 9 heteroatoms. The Kier molecular flexibility index (Phi) is 10.8. The molecule has 0 unspecified atom stereocenters. The van der Waals surface area contributed by atoms with E-state index in [4.69, 9.17) is 16.6 Å². The summed E-state index contributed by atoms with van der Waals surface area (Å²) in [5.41, 5.74) is 2.31. The number of aryl methyl sites for hydroxylation is 1.